The first-order valence-electron chi connectivity index (χ1n) is 6.25. The second-order valence-corrected chi connectivity index (χ2v) is 5.32. The molecule has 1 aromatic rings. The van der Waals surface area contributed by atoms with Gasteiger partial charge in [-0.3, -0.25) is 11.3 Å². The predicted molar refractivity (Wildman–Crippen MR) is 67.8 cm³/mol. The normalized spacial score (nSPS) is 17.8. The Kier molecular flexibility index (Phi) is 3.62. The maximum Gasteiger partial charge on any atom is 0.0488 e. The zero-order valence-electron chi connectivity index (χ0n) is 10.2. The van der Waals surface area contributed by atoms with E-state index in [4.69, 9.17) is 5.84 Å². The average molecular weight is 218 g/mol. The Bertz CT molecular complexity index is 342. The molecule has 1 saturated carbocycles. The highest BCUT2D eigenvalue weighted by atomic mass is 15.2. The standard InChI is InChI=1S/C14H22N2/c1-10(2)8-11-4-3-5-13(9-11)14(16-15)12-6-7-12/h3-5,9-10,12,14,16H,6-8,15H2,1-2H3. The Morgan fingerprint density at radius 2 is 2.12 bits per heavy atom. The van der Waals surface area contributed by atoms with E-state index >= 15 is 0 Å². The van der Waals surface area contributed by atoms with Crippen molar-refractivity contribution in [3.8, 4) is 0 Å². The van der Waals surface area contributed by atoms with E-state index in [-0.39, 0.29) is 0 Å². The third-order valence-electron chi connectivity index (χ3n) is 3.23. The Morgan fingerprint density at radius 1 is 1.38 bits per heavy atom. The van der Waals surface area contributed by atoms with Gasteiger partial charge in [-0.1, -0.05) is 38.1 Å². The smallest absolute Gasteiger partial charge is 0.0488 e. The van der Waals surface area contributed by atoms with Crippen LogP contribution in [0.25, 0.3) is 0 Å². The molecule has 3 N–H and O–H groups in total. The highest BCUT2D eigenvalue weighted by Crippen LogP contribution is 2.40. The Hall–Kier alpha value is -0.860. The zero-order chi connectivity index (χ0) is 11.5. The van der Waals surface area contributed by atoms with Crippen molar-refractivity contribution in [1.29, 1.82) is 0 Å². The number of hydrogen-bond acceptors (Lipinski definition) is 2. The fraction of sp³-hybridized carbons (Fsp3) is 0.571. The number of benzene rings is 1. The molecular formula is C14H22N2. The van der Waals surface area contributed by atoms with Crippen LogP contribution in [0, 0.1) is 11.8 Å². The number of hydrazine groups is 1. The van der Waals surface area contributed by atoms with Crippen molar-refractivity contribution in [2.24, 2.45) is 17.7 Å². The molecule has 1 atom stereocenters. The van der Waals surface area contributed by atoms with E-state index in [0.717, 1.165) is 12.3 Å². The lowest BCUT2D eigenvalue weighted by Gasteiger charge is -2.16. The van der Waals surface area contributed by atoms with Crippen LogP contribution in [0.15, 0.2) is 24.3 Å². The molecule has 0 amide bonds. The van der Waals surface area contributed by atoms with Crippen LogP contribution in [0.3, 0.4) is 0 Å². The van der Waals surface area contributed by atoms with Crippen LogP contribution in [0.2, 0.25) is 0 Å². The summed E-state index contributed by atoms with van der Waals surface area (Å²) in [6, 6.07) is 9.21. The summed E-state index contributed by atoms with van der Waals surface area (Å²) in [6.45, 7) is 4.51. The summed E-state index contributed by atoms with van der Waals surface area (Å²) in [5, 5.41) is 0. The molecule has 2 nitrogen and oxygen atoms in total. The maximum absolute atomic E-state index is 5.65. The molecule has 1 unspecified atom stereocenters. The van der Waals surface area contributed by atoms with Gasteiger partial charge >= 0.3 is 0 Å². The van der Waals surface area contributed by atoms with Crippen LogP contribution in [0.1, 0.15) is 43.9 Å². The minimum absolute atomic E-state index is 0.354. The maximum atomic E-state index is 5.65. The zero-order valence-corrected chi connectivity index (χ0v) is 10.2. The molecule has 0 bridgehead atoms. The second-order valence-electron chi connectivity index (χ2n) is 5.32. The summed E-state index contributed by atoms with van der Waals surface area (Å²) in [7, 11) is 0. The van der Waals surface area contributed by atoms with E-state index in [9.17, 15) is 0 Å². The number of nitrogens with two attached hydrogens (primary N) is 1. The number of nitrogens with one attached hydrogen (secondary N) is 1. The molecule has 0 saturated heterocycles. The van der Waals surface area contributed by atoms with E-state index in [1.54, 1.807) is 0 Å². The van der Waals surface area contributed by atoms with Crippen LogP contribution in [0.4, 0.5) is 0 Å². The molecule has 0 radical (unpaired) electrons. The lowest BCUT2D eigenvalue weighted by molar-refractivity contribution is 0.496. The molecule has 0 heterocycles. The summed E-state index contributed by atoms with van der Waals surface area (Å²) in [5.74, 6) is 7.11. The van der Waals surface area contributed by atoms with Crippen molar-refractivity contribution in [3.05, 3.63) is 35.4 Å². The van der Waals surface area contributed by atoms with Crippen molar-refractivity contribution < 1.29 is 0 Å². The Labute approximate surface area is 98.2 Å². The van der Waals surface area contributed by atoms with E-state index in [0.29, 0.717) is 12.0 Å². The molecule has 1 aliphatic carbocycles. The van der Waals surface area contributed by atoms with Gasteiger partial charge in [0.15, 0.2) is 0 Å². The van der Waals surface area contributed by atoms with Gasteiger partial charge in [0.25, 0.3) is 0 Å². The molecule has 1 fully saturated rings. The molecule has 0 aromatic heterocycles. The van der Waals surface area contributed by atoms with Gasteiger partial charge in [-0.2, -0.15) is 0 Å². The third-order valence-corrected chi connectivity index (χ3v) is 3.23. The first-order chi connectivity index (χ1) is 7.70. The van der Waals surface area contributed by atoms with Crippen molar-refractivity contribution in [2.45, 2.75) is 39.2 Å². The first kappa shape index (κ1) is 11.6. The second kappa shape index (κ2) is 4.98. The predicted octanol–water partition coefficient (Wildman–Crippen LogP) is 2.80. The molecule has 1 aliphatic rings. The lowest BCUT2D eigenvalue weighted by Crippen LogP contribution is -2.29. The fourth-order valence-corrected chi connectivity index (χ4v) is 2.32. The third kappa shape index (κ3) is 2.83. The van der Waals surface area contributed by atoms with Gasteiger partial charge in [0, 0.05) is 6.04 Å². The van der Waals surface area contributed by atoms with Gasteiger partial charge < -0.3 is 0 Å². The molecule has 16 heavy (non-hydrogen) atoms. The van der Waals surface area contributed by atoms with E-state index in [1.165, 1.54) is 24.0 Å². The summed E-state index contributed by atoms with van der Waals surface area (Å²) < 4.78 is 0. The Balaban J connectivity index is 2.13. The topological polar surface area (TPSA) is 38.0 Å². The quantitative estimate of drug-likeness (QED) is 0.589. The first-order valence-corrected chi connectivity index (χ1v) is 6.25. The molecule has 2 rings (SSSR count). The highest BCUT2D eigenvalue weighted by Gasteiger charge is 2.31. The molecule has 88 valence electrons. The fourth-order valence-electron chi connectivity index (χ4n) is 2.32. The van der Waals surface area contributed by atoms with E-state index < -0.39 is 0 Å². The molecule has 0 aliphatic heterocycles. The van der Waals surface area contributed by atoms with Gasteiger partial charge in [0.1, 0.15) is 0 Å². The SMILES string of the molecule is CC(C)Cc1cccc(C(NN)C2CC2)c1. The molecule has 0 spiro atoms. The monoisotopic (exact) mass is 218 g/mol. The van der Waals surface area contributed by atoms with Crippen molar-refractivity contribution in [3.63, 3.8) is 0 Å². The van der Waals surface area contributed by atoms with Gasteiger partial charge in [-0.05, 0) is 42.2 Å². The van der Waals surface area contributed by atoms with Crippen molar-refractivity contribution in [2.75, 3.05) is 0 Å². The molecular weight excluding hydrogens is 196 g/mol. The number of hydrogen-bond donors (Lipinski definition) is 2. The largest absolute Gasteiger partial charge is 0.271 e. The summed E-state index contributed by atoms with van der Waals surface area (Å²) in [6.07, 6.45) is 3.77. The van der Waals surface area contributed by atoms with Crippen molar-refractivity contribution in [1.82, 2.24) is 5.43 Å². The van der Waals surface area contributed by atoms with E-state index in [2.05, 4.69) is 43.5 Å². The van der Waals surface area contributed by atoms with Crippen molar-refractivity contribution >= 4 is 0 Å². The lowest BCUT2D eigenvalue weighted by atomic mass is 9.96. The summed E-state index contributed by atoms with van der Waals surface area (Å²) in [5.41, 5.74) is 5.74. The molecule has 1 aromatic carbocycles. The average Bonchev–Trinajstić information content (AvgIpc) is 3.03. The Morgan fingerprint density at radius 3 is 2.69 bits per heavy atom. The number of rotatable bonds is 5. The van der Waals surface area contributed by atoms with Gasteiger partial charge in [0.2, 0.25) is 0 Å². The molecule has 2 heteroatoms. The minimum atomic E-state index is 0.354. The van der Waals surface area contributed by atoms with Crippen LogP contribution < -0.4 is 11.3 Å². The van der Waals surface area contributed by atoms with E-state index in [1.807, 2.05) is 0 Å². The van der Waals surface area contributed by atoms with Gasteiger partial charge in [0.05, 0.1) is 0 Å². The van der Waals surface area contributed by atoms with Crippen LogP contribution in [-0.2, 0) is 6.42 Å². The van der Waals surface area contributed by atoms with Gasteiger partial charge in [-0.25, -0.2) is 0 Å². The summed E-state index contributed by atoms with van der Waals surface area (Å²) in [4.78, 5) is 0. The van der Waals surface area contributed by atoms with Crippen LogP contribution in [0.5, 0.6) is 0 Å². The van der Waals surface area contributed by atoms with Crippen LogP contribution >= 0.6 is 0 Å². The minimum Gasteiger partial charge on any atom is -0.271 e. The highest BCUT2D eigenvalue weighted by molar-refractivity contribution is 5.27. The van der Waals surface area contributed by atoms with Gasteiger partial charge in [-0.15, -0.1) is 0 Å². The van der Waals surface area contributed by atoms with Crippen LogP contribution in [-0.4, -0.2) is 0 Å². The summed E-state index contributed by atoms with van der Waals surface area (Å²) >= 11 is 0.